The van der Waals surface area contributed by atoms with Gasteiger partial charge in [-0.25, -0.2) is 0 Å². The first-order chi connectivity index (χ1) is 15.2. The third kappa shape index (κ3) is 3.84. The normalized spacial score (nSPS) is 14.2. The van der Waals surface area contributed by atoms with Crippen molar-refractivity contribution < 1.29 is 0 Å². The van der Waals surface area contributed by atoms with Crippen molar-refractivity contribution in [2.75, 3.05) is 0 Å². The fraction of sp³-hybridized carbons (Fsp3) is 0.484. The van der Waals surface area contributed by atoms with Gasteiger partial charge in [0.1, 0.15) is 0 Å². The molecule has 2 aromatic rings. The highest BCUT2D eigenvalue weighted by molar-refractivity contribution is 5.90. The molecule has 164 valence electrons. The molecule has 0 fully saturated rings. The summed E-state index contributed by atoms with van der Waals surface area (Å²) in [5.41, 5.74) is 17.8. The molecule has 0 unspecified atom stereocenters. The van der Waals surface area contributed by atoms with Crippen LogP contribution in [0, 0.1) is 0 Å². The maximum atomic E-state index is 2.53. The van der Waals surface area contributed by atoms with E-state index in [2.05, 4.69) is 65.0 Å². The molecule has 0 aliphatic heterocycles. The summed E-state index contributed by atoms with van der Waals surface area (Å²) in [5.74, 6) is 0. The highest BCUT2D eigenvalue weighted by Gasteiger charge is 2.31. The Balaban J connectivity index is 2.09. The number of rotatable bonds is 9. The molecule has 0 bridgehead atoms. The Hall–Kier alpha value is -2.08. The number of aryl methyl sites for hydroxylation is 2. The number of fused-ring (bicyclic) bond motifs is 3. The van der Waals surface area contributed by atoms with Crippen molar-refractivity contribution in [2.24, 2.45) is 0 Å². The van der Waals surface area contributed by atoms with Gasteiger partial charge in [0.25, 0.3) is 0 Å². The van der Waals surface area contributed by atoms with Crippen molar-refractivity contribution in [1.29, 1.82) is 0 Å². The lowest BCUT2D eigenvalue weighted by atomic mass is 9.79. The van der Waals surface area contributed by atoms with Crippen LogP contribution in [0.3, 0.4) is 0 Å². The molecule has 4 rings (SSSR count). The van der Waals surface area contributed by atoms with E-state index in [9.17, 15) is 0 Å². The molecule has 0 saturated heterocycles. The zero-order valence-electron chi connectivity index (χ0n) is 20.5. The molecule has 0 atom stereocenters. The van der Waals surface area contributed by atoms with Gasteiger partial charge >= 0.3 is 0 Å². The van der Waals surface area contributed by atoms with Crippen LogP contribution in [-0.2, 0) is 38.5 Å². The first kappa shape index (κ1) is 22.1. The van der Waals surface area contributed by atoms with Gasteiger partial charge in [-0.1, -0.05) is 84.2 Å². The Morgan fingerprint density at radius 2 is 1.45 bits per heavy atom. The lowest BCUT2D eigenvalue weighted by Crippen LogP contribution is -2.09. The smallest absolute Gasteiger partial charge is 0.000698 e. The molecule has 2 aromatic carbocycles. The maximum Gasteiger partial charge on any atom is -0.000698 e. The van der Waals surface area contributed by atoms with Crippen molar-refractivity contribution in [3.63, 3.8) is 0 Å². The quantitative estimate of drug-likeness (QED) is 0.330. The molecule has 0 N–H and O–H groups in total. The van der Waals surface area contributed by atoms with Crippen LogP contribution in [0.15, 0.2) is 30.4 Å². The van der Waals surface area contributed by atoms with Crippen molar-refractivity contribution in [2.45, 2.75) is 98.8 Å². The molecular weight excluding hydrogens is 372 g/mol. The molecule has 0 amide bonds. The molecule has 0 heterocycles. The van der Waals surface area contributed by atoms with Crippen molar-refractivity contribution in [3.8, 4) is 11.1 Å². The molecule has 31 heavy (non-hydrogen) atoms. The Morgan fingerprint density at radius 1 is 0.710 bits per heavy atom. The summed E-state index contributed by atoms with van der Waals surface area (Å²) in [5, 5.41) is 0. The summed E-state index contributed by atoms with van der Waals surface area (Å²) in [6, 6.07) is 5.05. The highest BCUT2D eigenvalue weighted by Crippen LogP contribution is 2.49. The molecule has 0 heteroatoms. The van der Waals surface area contributed by atoms with E-state index < -0.39 is 0 Å². The molecule has 2 aliphatic rings. The summed E-state index contributed by atoms with van der Waals surface area (Å²) in [7, 11) is 0. The third-order valence-electron chi connectivity index (χ3n) is 7.29. The van der Waals surface area contributed by atoms with E-state index in [1.165, 1.54) is 44.1 Å². The van der Waals surface area contributed by atoms with Gasteiger partial charge in [0, 0.05) is 0 Å². The minimum absolute atomic E-state index is 1.09. The SMILES string of the molecule is CCCc1cc(CC)cc2c1-c1c(CCC)c(CCC)c(CC)c(C3=CC=CC3)c1C2. The largest absolute Gasteiger partial charge is 0.0801 e. The van der Waals surface area contributed by atoms with Crippen LogP contribution in [0.1, 0.15) is 105 Å². The average molecular weight is 413 g/mol. The van der Waals surface area contributed by atoms with Gasteiger partial charge in [0.15, 0.2) is 0 Å². The van der Waals surface area contributed by atoms with Crippen molar-refractivity contribution in [3.05, 3.63) is 74.9 Å². The number of hydrogen-bond donors (Lipinski definition) is 0. The van der Waals surface area contributed by atoms with Crippen LogP contribution >= 0.6 is 0 Å². The summed E-state index contributed by atoms with van der Waals surface area (Å²) in [6.45, 7) is 11.7. The van der Waals surface area contributed by atoms with Crippen molar-refractivity contribution >= 4 is 5.57 Å². The average Bonchev–Trinajstić information content (AvgIpc) is 3.43. The standard InChI is InChI=1S/C31H40/c1-6-13-23-18-21(9-4)19-24-20-28-30(22-16-11-12-17-22)25(10-5)26(14-7-2)27(15-8-3)31(28)29(23)24/h11-12,16,18-19H,6-10,13-15,17,20H2,1-5H3. The summed E-state index contributed by atoms with van der Waals surface area (Å²) >= 11 is 0. The highest BCUT2D eigenvalue weighted by atomic mass is 14.4. The van der Waals surface area contributed by atoms with E-state index in [1.54, 1.807) is 55.6 Å². The summed E-state index contributed by atoms with van der Waals surface area (Å²) in [6.07, 6.45) is 18.8. The van der Waals surface area contributed by atoms with E-state index >= 15 is 0 Å². The number of allylic oxidation sites excluding steroid dienone is 4. The Morgan fingerprint density at radius 3 is 2.06 bits per heavy atom. The second kappa shape index (κ2) is 9.60. The Kier molecular flexibility index (Phi) is 6.85. The molecular formula is C31H40. The van der Waals surface area contributed by atoms with Gasteiger partial charge in [-0.3, -0.25) is 0 Å². The minimum Gasteiger partial charge on any atom is -0.0801 e. The zero-order valence-corrected chi connectivity index (χ0v) is 20.5. The monoisotopic (exact) mass is 412 g/mol. The molecule has 0 aromatic heterocycles. The van der Waals surface area contributed by atoms with Crippen LogP contribution in [0.4, 0.5) is 0 Å². The van der Waals surface area contributed by atoms with Gasteiger partial charge in [0.05, 0.1) is 0 Å². The summed E-state index contributed by atoms with van der Waals surface area (Å²) in [4.78, 5) is 0. The predicted octanol–water partition coefficient (Wildman–Crippen LogP) is 8.58. The van der Waals surface area contributed by atoms with Crippen LogP contribution < -0.4 is 0 Å². The van der Waals surface area contributed by atoms with Crippen molar-refractivity contribution in [1.82, 2.24) is 0 Å². The van der Waals surface area contributed by atoms with E-state index in [0.717, 1.165) is 25.7 Å². The van der Waals surface area contributed by atoms with Crippen LogP contribution in [0.25, 0.3) is 16.7 Å². The van der Waals surface area contributed by atoms with E-state index in [-0.39, 0.29) is 0 Å². The molecule has 0 nitrogen and oxygen atoms in total. The first-order valence-corrected chi connectivity index (χ1v) is 12.9. The minimum atomic E-state index is 1.09. The van der Waals surface area contributed by atoms with Gasteiger partial charge in [-0.05, 0) is 106 Å². The maximum absolute atomic E-state index is 2.53. The van der Waals surface area contributed by atoms with Gasteiger partial charge in [-0.15, -0.1) is 0 Å². The molecule has 0 radical (unpaired) electrons. The fourth-order valence-corrected chi connectivity index (χ4v) is 6.10. The number of hydrogen-bond acceptors (Lipinski definition) is 0. The topological polar surface area (TPSA) is 0 Å². The lowest BCUT2D eigenvalue weighted by Gasteiger charge is -2.25. The molecule has 2 aliphatic carbocycles. The predicted molar refractivity (Wildman–Crippen MR) is 137 cm³/mol. The van der Waals surface area contributed by atoms with Gasteiger partial charge in [0.2, 0.25) is 0 Å². The van der Waals surface area contributed by atoms with E-state index in [1.807, 2.05) is 0 Å². The van der Waals surface area contributed by atoms with Gasteiger partial charge in [-0.2, -0.15) is 0 Å². The lowest BCUT2D eigenvalue weighted by molar-refractivity contribution is 0.842. The zero-order chi connectivity index (χ0) is 22.0. The summed E-state index contributed by atoms with van der Waals surface area (Å²) < 4.78 is 0. The second-order valence-electron chi connectivity index (χ2n) is 9.41. The molecule has 0 saturated carbocycles. The first-order valence-electron chi connectivity index (χ1n) is 12.9. The van der Waals surface area contributed by atoms with Crippen LogP contribution in [-0.4, -0.2) is 0 Å². The Labute approximate surface area is 190 Å². The van der Waals surface area contributed by atoms with E-state index in [0.29, 0.717) is 0 Å². The van der Waals surface area contributed by atoms with Gasteiger partial charge < -0.3 is 0 Å². The third-order valence-corrected chi connectivity index (χ3v) is 7.29. The fourth-order valence-electron chi connectivity index (χ4n) is 6.10. The van der Waals surface area contributed by atoms with Crippen LogP contribution in [0.5, 0.6) is 0 Å². The Bertz CT molecular complexity index is 1030. The van der Waals surface area contributed by atoms with Crippen LogP contribution in [0.2, 0.25) is 0 Å². The second-order valence-corrected chi connectivity index (χ2v) is 9.41. The van der Waals surface area contributed by atoms with E-state index in [4.69, 9.17) is 0 Å². The number of benzene rings is 2. The molecule has 0 spiro atoms.